The van der Waals surface area contributed by atoms with Crippen molar-refractivity contribution in [2.24, 2.45) is 0 Å². The first-order chi connectivity index (χ1) is 10.2. The molecule has 1 aromatic carbocycles. The van der Waals surface area contributed by atoms with E-state index in [2.05, 4.69) is 15.3 Å². The van der Waals surface area contributed by atoms with Gasteiger partial charge in [0.25, 0.3) is 0 Å². The average molecular weight is 291 g/mol. The van der Waals surface area contributed by atoms with Crippen molar-refractivity contribution < 1.29 is 13.9 Å². The summed E-state index contributed by atoms with van der Waals surface area (Å²) in [5, 5.41) is 3.20. The molecule has 0 amide bonds. The molecular weight excluding hydrogens is 273 g/mol. The third kappa shape index (κ3) is 4.77. The molecule has 0 aliphatic rings. The largest absolute Gasteiger partial charge is 0.424 e. The van der Waals surface area contributed by atoms with Crippen LogP contribution in [0.5, 0.6) is 11.8 Å². The average Bonchev–Trinajstić information content (AvgIpc) is 2.48. The van der Waals surface area contributed by atoms with E-state index in [1.165, 1.54) is 12.1 Å². The van der Waals surface area contributed by atoms with Crippen LogP contribution in [-0.2, 0) is 11.3 Å². The maximum absolute atomic E-state index is 13.0. The standard InChI is InChI=1S/C15H18FN3O2/c1-11-7-13(16)3-4-14(11)21-15-18-9-12(10-19-15)8-17-5-6-20-2/h3-4,7,9-10,17H,5-6,8H2,1-2H3. The Morgan fingerprint density at radius 1 is 1.24 bits per heavy atom. The lowest BCUT2D eigenvalue weighted by atomic mass is 10.2. The Hall–Kier alpha value is -2.05. The number of aromatic nitrogens is 2. The van der Waals surface area contributed by atoms with Gasteiger partial charge in [0.2, 0.25) is 0 Å². The molecule has 21 heavy (non-hydrogen) atoms. The van der Waals surface area contributed by atoms with Crippen LogP contribution >= 0.6 is 0 Å². The van der Waals surface area contributed by atoms with E-state index in [1.807, 2.05) is 0 Å². The minimum absolute atomic E-state index is 0.241. The van der Waals surface area contributed by atoms with Gasteiger partial charge in [0.1, 0.15) is 11.6 Å². The second kappa shape index (κ2) is 7.66. The quantitative estimate of drug-likeness (QED) is 0.794. The Kier molecular flexibility index (Phi) is 5.59. The van der Waals surface area contributed by atoms with Gasteiger partial charge in [0.05, 0.1) is 6.61 Å². The number of nitrogens with one attached hydrogen (secondary N) is 1. The number of ether oxygens (including phenoxy) is 2. The summed E-state index contributed by atoms with van der Waals surface area (Å²) in [5.74, 6) is 0.251. The van der Waals surface area contributed by atoms with Crippen LogP contribution in [0.4, 0.5) is 4.39 Å². The highest BCUT2D eigenvalue weighted by Crippen LogP contribution is 2.22. The Labute approximate surface area is 123 Å². The van der Waals surface area contributed by atoms with Gasteiger partial charge >= 0.3 is 6.01 Å². The first-order valence-electron chi connectivity index (χ1n) is 6.63. The maximum atomic E-state index is 13.0. The fourth-order valence-corrected chi connectivity index (χ4v) is 1.72. The molecule has 0 aliphatic heterocycles. The predicted molar refractivity (Wildman–Crippen MR) is 76.8 cm³/mol. The minimum atomic E-state index is -0.293. The molecule has 0 fully saturated rings. The van der Waals surface area contributed by atoms with Crippen molar-refractivity contribution in [1.82, 2.24) is 15.3 Å². The van der Waals surface area contributed by atoms with E-state index in [-0.39, 0.29) is 11.8 Å². The van der Waals surface area contributed by atoms with Crippen LogP contribution in [-0.4, -0.2) is 30.2 Å². The number of aryl methyl sites for hydroxylation is 1. The van der Waals surface area contributed by atoms with Gasteiger partial charge in [-0.2, -0.15) is 0 Å². The summed E-state index contributed by atoms with van der Waals surface area (Å²) < 4.78 is 23.5. The smallest absolute Gasteiger partial charge is 0.321 e. The number of hydrogen-bond donors (Lipinski definition) is 1. The fourth-order valence-electron chi connectivity index (χ4n) is 1.72. The molecule has 1 aromatic heterocycles. The van der Waals surface area contributed by atoms with Crippen molar-refractivity contribution in [1.29, 1.82) is 0 Å². The molecule has 0 saturated heterocycles. The Bertz CT molecular complexity index is 576. The molecular formula is C15H18FN3O2. The van der Waals surface area contributed by atoms with Gasteiger partial charge < -0.3 is 14.8 Å². The lowest BCUT2D eigenvalue weighted by Gasteiger charge is -2.08. The predicted octanol–water partition coefficient (Wildman–Crippen LogP) is 2.45. The highest BCUT2D eigenvalue weighted by atomic mass is 19.1. The lowest BCUT2D eigenvalue weighted by Crippen LogP contribution is -2.18. The lowest BCUT2D eigenvalue weighted by molar-refractivity contribution is 0.199. The molecule has 0 spiro atoms. The van der Waals surface area contributed by atoms with Crippen molar-refractivity contribution in [2.45, 2.75) is 13.5 Å². The molecule has 0 radical (unpaired) electrons. The molecule has 0 bridgehead atoms. The third-order valence-corrected chi connectivity index (χ3v) is 2.83. The minimum Gasteiger partial charge on any atom is -0.424 e. The number of benzene rings is 1. The zero-order chi connectivity index (χ0) is 15.1. The molecule has 1 N–H and O–H groups in total. The molecule has 0 aliphatic carbocycles. The van der Waals surface area contributed by atoms with Crippen LogP contribution in [0.2, 0.25) is 0 Å². The van der Waals surface area contributed by atoms with Crippen molar-refractivity contribution in [3.05, 3.63) is 47.5 Å². The molecule has 2 rings (SSSR count). The monoisotopic (exact) mass is 291 g/mol. The highest BCUT2D eigenvalue weighted by molar-refractivity contribution is 5.34. The van der Waals surface area contributed by atoms with E-state index in [4.69, 9.17) is 9.47 Å². The number of rotatable bonds is 7. The van der Waals surface area contributed by atoms with Gasteiger partial charge in [-0.1, -0.05) is 0 Å². The van der Waals surface area contributed by atoms with E-state index in [0.29, 0.717) is 24.5 Å². The zero-order valence-electron chi connectivity index (χ0n) is 12.1. The summed E-state index contributed by atoms with van der Waals surface area (Å²) in [6.07, 6.45) is 3.39. The second-order valence-electron chi connectivity index (χ2n) is 4.56. The highest BCUT2D eigenvalue weighted by Gasteiger charge is 2.05. The van der Waals surface area contributed by atoms with Crippen molar-refractivity contribution in [3.63, 3.8) is 0 Å². The van der Waals surface area contributed by atoms with Crippen LogP contribution in [0.1, 0.15) is 11.1 Å². The molecule has 0 unspecified atom stereocenters. The molecule has 6 heteroatoms. The van der Waals surface area contributed by atoms with Crippen LogP contribution in [0.25, 0.3) is 0 Å². The van der Waals surface area contributed by atoms with E-state index in [1.54, 1.807) is 32.5 Å². The van der Waals surface area contributed by atoms with Crippen molar-refractivity contribution in [2.75, 3.05) is 20.3 Å². The number of nitrogens with zero attached hydrogens (tertiary/aromatic N) is 2. The topological polar surface area (TPSA) is 56.3 Å². The van der Waals surface area contributed by atoms with Gasteiger partial charge in [-0.05, 0) is 30.7 Å². The number of halogens is 1. The van der Waals surface area contributed by atoms with E-state index < -0.39 is 0 Å². The maximum Gasteiger partial charge on any atom is 0.321 e. The molecule has 0 atom stereocenters. The normalized spacial score (nSPS) is 10.6. The molecule has 1 heterocycles. The van der Waals surface area contributed by atoms with Gasteiger partial charge in [-0.3, -0.25) is 0 Å². The van der Waals surface area contributed by atoms with E-state index in [0.717, 1.165) is 12.1 Å². The Morgan fingerprint density at radius 3 is 2.67 bits per heavy atom. The summed E-state index contributed by atoms with van der Waals surface area (Å²) in [6.45, 7) is 3.86. The van der Waals surface area contributed by atoms with Crippen molar-refractivity contribution in [3.8, 4) is 11.8 Å². The first-order valence-corrected chi connectivity index (χ1v) is 6.63. The zero-order valence-corrected chi connectivity index (χ0v) is 12.1. The fraction of sp³-hybridized carbons (Fsp3) is 0.333. The van der Waals surface area contributed by atoms with Crippen LogP contribution in [0.15, 0.2) is 30.6 Å². The van der Waals surface area contributed by atoms with Crippen LogP contribution in [0, 0.1) is 12.7 Å². The van der Waals surface area contributed by atoms with Gasteiger partial charge in [0.15, 0.2) is 0 Å². The summed E-state index contributed by atoms with van der Waals surface area (Å²) in [7, 11) is 1.66. The van der Waals surface area contributed by atoms with Crippen LogP contribution in [0.3, 0.4) is 0 Å². The molecule has 112 valence electrons. The van der Waals surface area contributed by atoms with Crippen LogP contribution < -0.4 is 10.1 Å². The SMILES string of the molecule is COCCNCc1cnc(Oc2ccc(F)cc2C)nc1. The second-order valence-corrected chi connectivity index (χ2v) is 4.56. The number of methoxy groups -OCH3 is 1. The van der Waals surface area contributed by atoms with Gasteiger partial charge in [-0.15, -0.1) is 0 Å². The third-order valence-electron chi connectivity index (χ3n) is 2.83. The molecule has 5 nitrogen and oxygen atoms in total. The Morgan fingerprint density at radius 2 is 2.00 bits per heavy atom. The van der Waals surface area contributed by atoms with Gasteiger partial charge in [-0.25, -0.2) is 14.4 Å². The molecule has 2 aromatic rings. The summed E-state index contributed by atoms with van der Waals surface area (Å²) >= 11 is 0. The first kappa shape index (κ1) is 15.3. The van der Waals surface area contributed by atoms with Crippen molar-refractivity contribution >= 4 is 0 Å². The van der Waals surface area contributed by atoms with Gasteiger partial charge in [0, 0.05) is 38.2 Å². The summed E-state index contributed by atoms with van der Waals surface area (Å²) in [5.41, 5.74) is 1.65. The Balaban J connectivity index is 1.92. The molecule has 0 saturated carbocycles. The number of hydrogen-bond acceptors (Lipinski definition) is 5. The summed E-state index contributed by atoms with van der Waals surface area (Å²) in [6, 6.07) is 4.55. The summed E-state index contributed by atoms with van der Waals surface area (Å²) in [4.78, 5) is 8.28. The van der Waals surface area contributed by atoms with E-state index in [9.17, 15) is 4.39 Å². The van der Waals surface area contributed by atoms with E-state index >= 15 is 0 Å².